The van der Waals surface area contributed by atoms with Crippen molar-refractivity contribution in [2.45, 2.75) is 25.1 Å². The molecule has 0 radical (unpaired) electrons. The molecule has 0 aliphatic carbocycles. The van der Waals surface area contributed by atoms with Gasteiger partial charge < -0.3 is 0 Å². The second-order valence-corrected chi connectivity index (χ2v) is 5.31. The van der Waals surface area contributed by atoms with Gasteiger partial charge in [0.1, 0.15) is 0 Å². The minimum atomic E-state index is 0.274. The summed E-state index contributed by atoms with van der Waals surface area (Å²) < 4.78 is 0.274. The van der Waals surface area contributed by atoms with Gasteiger partial charge in [0.25, 0.3) is 0 Å². The predicted molar refractivity (Wildman–Crippen MR) is 46.0 cm³/mol. The van der Waals surface area contributed by atoms with E-state index >= 15 is 0 Å². The van der Waals surface area contributed by atoms with Crippen LogP contribution in [0.4, 0.5) is 0 Å². The van der Waals surface area contributed by atoms with Crippen molar-refractivity contribution in [3.05, 3.63) is 0 Å². The van der Waals surface area contributed by atoms with Crippen molar-refractivity contribution >= 4 is 31.9 Å². The molecule has 0 spiro atoms. The summed E-state index contributed by atoms with van der Waals surface area (Å²) in [5, 5.41) is 1.06. The number of hydrogen-bond donors (Lipinski definition) is 0. The van der Waals surface area contributed by atoms with Crippen LogP contribution in [0.15, 0.2) is 0 Å². The third kappa shape index (κ3) is 3.08. The second-order valence-electron chi connectivity index (χ2n) is 2.62. The van der Waals surface area contributed by atoms with Crippen molar-refractivity contribution in [3.8, 4) is 0 Å². The molecule has 0 N–H and O–H groups in total. The van der Waals surface area contributed by atoms with E-state index in [1.807, 2.05) is 0 Å². The molecule has 0 bridgehead atoms. The normalized spacial score (nSPS) is 16.1. The van der Waals surface area contributed by atoms with Crippen LogP contribution in [0.2, 0.25) is 0 Å². The molecule has 0 aliphatic heterocycles. The van der Waals surface area contributed by atoms with Crippen LogP contribution in [0, 0.1) is 5.92 Å². The minimum Gasteiger partial charge on any atom is -0.0925 e. The standard InChI is InChI=1S/C6H12Br2/c1-5(4-7)6(2,3)8/h5H,4H2,1-3H3. The summed E-state index contributed by atoms with van der Waals surface area (Å²) in [6.45, 7) is 6.57. The molecule has 50 valence electrons. The van der Waals surface area contributed by atoms with Crippen LogP contribution in [0.5, 0.6) is 0 Å². The fourth-order valence-corrected chi connectivity index (χ4v) is 1.59. The summed E-state index contributed by atoms with van der Waals surface area (Å²) in [6, 6.07) is 0. The van der Waals surface area contributed by atoms with Crippen molar-refractivity contribution < 1.29 is 0 Å². The van der Waals surface area contributed by atoms with E-state index in [0.29, 0.717) is 5.92 Å². The summed E-state index contributed by atoms with van der Waals surface area (Å²) in [6.07, 6.45) is 0. The smallest absolute Gasteiger partial charge is 0.0235 e. The number of hydrogen-bond acceptors (Lipinski definition) is 0. The molecule has 0 aromatic rings. The summed E-state index contributed by atoms with van der Waals surface area (Å²) in [5.41, 5.74) is 0. The average Bonchev–Trinajstić information content (AvgIpc) is 1.62. The maximum absolute atomic E-state index is 3.57. The molecule has 0 saturated heterocycles. The largest absolute Gasteiger partial charge is 0.0925 e. The highest BCUT2D eigenvalue weighted by molar-refractivity contribution is 9.10. The molecular formula is C6H12Br2. The molecule has 0 aliphatic rings. The third-order valence-electron chi connectivity index (χ3n) is 1.40. The monoisotopic (exact) mass is 242 g/mol. The van der Waals surface area contributed by atoms with Gasteiger partial charge in [0.05, 0.1) is 0 Å². The van der Waals surface area contributed by atoms with Gasteiger partial charge in [-0.25, -0.2) is 0 Å². The first-order valence-corrected chi connectivity index (χ1v) is 4.64. The van der Waals surface area contributed by atoms with E-state index in [4.69, 9.17) is 0 Å². The van der Waals surface area contributed by atoms with Gasteiger partial charge in [-0.15, -0.1) is 0 Å². The Hall–Kier alpha value is 0.960. The zero-order valence-corrected chi connectivity index (χ0v) is 8.71. The van der Waals surface area contributed by atoms with Gasteiger partial charge in [0, 0.05) is 9.65 Å². The first-order chi connectivity index (χ1) is 3.48. The van der Waals surface area contributed by atoms with Gasteiger partial charge in [-0.1, -0.05) is 38.8 Å². The van der Waals surface area contributed by atoms with Gasteiger partial charge in [0.2, 0.25) is 0 Å². The van der Waals surface area contributed by atoms with E-state index < -0.39 is 0 Å². The maximum Gasteiger partial charge on any atom is 0.0235 e. The Bertz CT molecular complexity index is 63.4. The molecule has 0 amide bonds. The lowest BCUT2D eigenvalue weighted by molar-refractivity contribution is 0.526. The van der Waals surface area contributed by atoms with Gasteiger partial charge >= 0.3 is 0 Å². The summed E-state index contributed by atoms with van der Waals surface area (Å²) >= 11 is 6.99. The Morgan fingerprint density at radius 2 is 1.88 bits per heavy atom. The maximum atomic E-state index is 3.57. The lowest BCUT2D eigenvalue weighted by Crippen LogP contribution is -2.21. The molecule has 0 nitrogen and oxygen atoms in total. The van der Waals surface area contributed by atoms with Crippen LogP contribution in [0.1, 0.15) is 20.8 Å². The Morgan fingerprint density at radius 3 is 1.88 bits per heavy atom. The van der Waals surface area contributed by atoms with Crippen molar-refractivity contribution in [1.82, 2.24) is 0 Å². The zero-order valence-electron chi connectivity index (χ0n) is 5.54. The van der Waals surface area contributed by atoms with Crippen molar-refractivity contribution in [1.29, 1.82) is 0 Å². The fraction of sp³-hybridized carbons (Fsp3) is 1.00. The van der Waals surface area contributed by atoms with Crippen molar-refractivity contribution in [2.24, 2.45) is 5.92 Å². The Kier molecular flexibility index (Phi) is 3.60. The first-order valence-electron chi connectivity index (χ1n) is 2.73. The number of alkyl halides is 2. The van der Waals surface area contributed by atoms with Crippen LogP contribution >= 0.6 is 31.9 Å². The van der Waals surface area contributed by atoms with Crippen LogP contribution in [0.3, 0.4) is 0 Å². The molecule has 0 aromatic heterocycles. The molecule has 2 heteroatoms. The van der Waals surface area contributed by atoms with Gasteiger partial charge in [-0.3, -0.25) is 0 Å². The molecule has 0 saturated carbocycles. The lowest BCUT2D eigenvalue weighted by atomic mass is 10.0. The highest BCUT2D eigenvalue weighted by atomic mass is 79.9. The predicted octanol–water partition coefficient (Wildman–Crippen LogP) is 3.19. The third-order valence-corrected chi connectivity index (χ3v) is 3.16. The van der Waals surface area contributed by atoms with E-state index in [0.717, 1.165) is 5.33 Å². The number of rotatable bonds is 2. The molecule has 0 rings (SSSR count). The summed E-state index contributed by atoms with van der Waals surface area (Å²) in [7, 11) is 0. The van der Waals surface area contributed by atoms with E-state index in [9.17, 15) is 0 Å². The SMILES string of the molecule is CC(CBr)C(C)(C)Br. The molecular weight excluding hydrogens is 232 g/mol. The van der Waals surface area contributed by atoms with Crippen LogP contribution in [-0.4, -0.2) is 9.65 Å². The molecule has 0 heterocycles. The minimum absolute atomic E-state index is 0.274. The van der Waals surface area contributed by atoms with Crippen molar-refractivity contribution in [2.75, 3.05) is 5.33 Å². The Morgan fingerprint density at radius 1 is 1.50 bits per heavy atom. The number of halogens is 2. The summed E-state index contributed by atoms with van der Waals surface area (Å²) in [4.78, 5) is 0. The van der Waals surface area contributed by atoms with Gasteiger partial charge in [-0.2, -0.15) is 0 Å². The van der Waals surface area contributed by atoms with Crippen LogP contribution in [-0.2, 0) is 0 Å². The van der Waals surface area contributed by atoms with Gasteiger partial charge in [0.15, 0.2) is 0 Å². The molecule has 1 atom stereocenters. The first kappa shape index (κ1) is 8.96. The highest BCUT2D eigenvalue weighted by Crippen LogP contribution is 2.27. The summed E-state index contributed by atoms with van der Waals surface area (Å²) in [5.74, 6) is 0.683. The highest BCUT2D eigenvalue weighted by Gasteiger charge is 2.20. The van der Waals surface area contributed by atoms with Crippen molar-refractivity contribution in [3.63, 3.8) is 0 Å². The fourth-order valence-electron chi connectivity index (χ4n) is 0.183. The van der Waals surface area contributed by atoms with Crippen LogP contribution < -0.4 is 0 Å². The zero-order chi connectivity index (χ0) is 6.78. The second kappa shape index (κ2) is 3.21. The van der Waals surface area contributed by atoms with E-state index in [1.165, 1.54) is 0 Å². The molecule has 0 fully saturated rings. The van der Waals surface area contributed by atoms with E-state index in [-0.39, 0.29) is 4.32 Å². The molecule has 1 unspecified atom stereocenters. The lowest BCUT2D eigenvalue weighted by Gasteiger charge is -2.22. The Labute approximate surface area is 68.3 Å². The molecule has 8 heavy (non-hydrogen) atoms. The topological polar surface area (TPSA) is 0 Å². The average molecular weight is 244 g/mol. The molecule has 0 aromatic carbocycles. The van der Waals surface area contributed by atoms with Gasteiger partial charge in [-0.05, 0) is 19.8 Å². The Balaban J connectivity index is 3.62. The van der Waals surface area contributed by atoms with Crippen LogP contribution in [0.25, 0.3) is 0 Å². The van der Waals surface area contributed by atoms with E-state index in [2.05, 4.69) is 52.6 Å². The quantitative estimate of drug-likeness (QED) is 0.654. The van der Waals surface area contributed by atoms with E-state index in [1.54, 1.807) is 0 Å².